The van der Waals surface area contributed by atoms with Gasteiger partial charge in [-0.25, -0.2) is 4.39 Å². The molecule has 0 aliphatic carbocycles. The summed E-state index contributed by atoms with van der Waals surface area (Å²) in [6.45, 7) is -2.10. The number of nitrogens with zero attached hydrogens (tertiary/aromatic N) is 2. The van der Waals surface area contributed by atoms with Crippen LogP contribution in [0.5, 0.6) is 11.5 Å². The number of carbonyl (C=O) groups is 2. The lowest BCUT2D eigenvalue weighted by atomic mass is 10.1. The van der Waals surface area contributed by atoms with Crippen molar-refractivity contribution in [2.75, 3.05) is 33.3 Å². The topological polar surface area (TPSA) is 59.1 Å². The van der Waals surface area contributed by atoms with Gasteiger partial charge in [0.25, 0.3) is 11.8 Å². The lowest BCUT2D eigenvalue weighted by Crippen LogP contribution is -2.50. The van der Waals surface area contributed by atoms with Gasteiger partial charge in [0.15, 0.2) is 11.5 Å². The Kier molecular flexibility index (Phi) is 6.71. The van der Waals surface area contributed by atoms with Crippen LogP contribution < -0.4 is 9.47 Å². The summed E-state index contributed by atoms with van der Waals surface area (Å²) in [6, 6.07) is 7.57. The van der Waals surface area contributed by atoms with Gasteiger partial charge in [-0.2, -0.15) is 8.78 Å². The Bertz CT molecular complexity index is 950. The number of alkyl halides is 2. The minimum absolute atomic E-state index is 0.0169. The van der Waals surface area contributed by atoms with E-state index in [9.17, 15) is 22.8 Å². The van der Waals surface area contributed by atoms with Gasteiger partial charge in [-0.3, -0.25) is 9.59 Å². The number of benzene rings is 2. The average Bonchev–Trinajstić information content (AvgIpc) is 2.72. The Morgan fingerprint density at radius 2 is 1.60 bits per heavy atom. The van der Waals surface area contributed by atoms with Crippen molar-refractivity contribution in [2.24, 2.45) is 0 Å². The number of rotatable bonds is 5. The molecule has 1 aliphatic heterocycles. The monoisotopic (exact) mass is 442 g/mol. The average molecular weight is 443 g/mol. The fourth-order valence-corrected chi connectivity index (χ4v) is 3.37. The highest BCUT2D eigenvalue weighted by Crippen LogP contribution is 2.30. The highest BCUT2D eigenvalue weighted by Gasteiger charge is 2.27. The third-order valence-electron chi connectivity index (χ3n) is 4.64. The second-order valence-electron chi connectivity index (χ2n) is 6.45. The summed E-state index contributed by atoms with van der Waals surface area (Å²) in [7, 11) is 1.30. The first kappa shape index (κ1) is 21.8. The standard InChI is InChI=1S/C20H18ClF3N2O4/c1-29-16-5-2-12(10-17(16)30-20(23)24)18(27)25-6-8-26(9-7-25)19(28)14-4-3-13(22)11-15(14)21/h2-5,10-11,20H,6-9H2,1H3. The summed E-state index contributed by atoms with van der Waals surface area (Å²) in [5.41, 5.74) is 0.342. The molecule has 1 aliphatic rings. The summed E-state index contributed by atoms with van der Waals surface area (Å²) < 4.78 is 47.7. The Hall–Kier alpha value is -2.94. The molecule has 0 radical (unpaired) electrons. The molecule has 0 N–H and O–H groups in total. The van der Waals surface area contributed by atoms with Crippen molar-refractivity contribution in [1.29, 1.82) is 0 Å². The van der Waals surface area contributed by atoms with Crippen LogP contribution in [0, 0.1) is 5.82 Å². The van der Waals surface area contributed by atoms with Crippen LogP contribution in [0.2, 0.25) is 5.02 Å². The minimum atomic E-state index is -3.06. The molecule has 10 heteroatoms. The van der Waals surface area contributed by atoms with Crippen LogP contribution in [-0.4, -0.2) is 61.5 Å². The second kappa shape index (κ2) is 9.25. The lowest BCUT2D eigenvalue weighted by Gasteiger charge is -2.35. The van der Waals surface area contributed by atoms with Crippen LogP contribution in [0.25, 0.3) is 0 Å². The molecule has 6 nitrogen and oxygen atoms in total. The maximum atomic E-state index is 13.2. The van der Waals surface area contributed by atoms with Gasteiger partial charge < -0.3 is 19.3 Å². The molecule has 2 aromatic carbocycles. The molecule has 30 heavy (non-hydrogen) atoms. The fourth-order valence-electron chi connectivity index (χ4n) is 3.13. The smallest absolute Gasteiger partial charge is 0.387 e. The third kappa shape index (κ3) is 4.79. The van der Waals surface area contributed by atoms with E-state index in [1.54, 1.807) is 0 Å². The molecular formula is C20H18ClF3N2O4. The zero-order chi connectivity index (χ0) is 21.8. The largest absolute Gasteiger partial charge is 0.493 e. The maximum Gasteiger partial charge on any atom is 0.387 e. The van der Waals surface area contributed by atoms with E-state index in [1.165, 1.54) is 41.2 Å². The van der Waals surface area contributed by atoms with Gasteiger partial charge in [0, 0.05) is 31.7 Å². The van der Waals surface area contributed by atoms with Crippen molar-refractivity contribution < 1.29 is 32.2 Å². The molecule has 1 heterocycles. The van der Waals surface area contributed by atoms with Gasteiger partial charge in [0.05, 0.1) is 17.7 Å². The minimum Gasteiger partial charge on any atom is -0.493 e. The quantitative estimate of drug-likeness (QED) is 0.708. The maximum absolute atomic E-state index is 13.2. The highest BCUT2D eigenvalue weighted by atomic mass is 35.5. The van der Waals surface area contributed by atoms with E-state index >= 15 is 0 Å². The van der Waals surface area contributed by atoms with Crippen molar-refractivity contribution in [3.63, 3.8) is 0 Å². The molecular weight excluding hydrogens is 425 g/mol. The van der Waals surface area contributed by atoms with Gasteiger partial charge in [0.1, 0.15) is 5.82 Å². The zero-order valence-electron chi connectivity index (χ0n) is 15.9. The molecule has 0 unspecified atom stereocenters. The first-order valence-electron chi connectivity index (χ1n) is 8.96. The first-order chi connectivity index (χ1) is 14.3. The van der Waals surface area contributed by atoms with Crippen LogP contribution in [0.15, 0.2) is 36.4 Å². The summed E-state index contributed by atoms with van der Waals surface area (Å²) in [4.78, 5) is 28.4. The van der Waals surface area contributed by atoms with Gasteiger partial charge in [-0.05, 0) is 36.4 Å². The molecule has 0 spiro atoms. The van der Waals surface area contributed by atoms with E-state index in [0.717, 1.165) is 12.1 Å². The van der Waals surface area contributed by atoms with Gasteiger partial charge >= 0.3 is 6.61 Å². The van der Waals surface area contributed by atoms with Crippen LogP contribution in [0.1, 0.15) is 20.7 Å². The number of carbonyl (C=O) groups excluding carboxylic acids is 2. The normalized spacial score (nSPS) is 14.1. The van der Waals surface area contributed by atoms with Crippen LogP contribution >= 0.6 is 11.6 Å². The molecule has 0 atom stereocenters. The Morgan fingerprint density at radius 3 is 2.17 bits per heavy atom. The van der Waals surface area contributed by atoms with Crippen molar-refractivity contribution in [3.8, 4) is 11.5 Å². The van der Waals surface area contributed by atoms with E-state index in [0.29, 0.717) is 0 Å². The molecule has 0 aromatic heterocycles. The zero-order valence-corrected chi connectivity index (χ0v) is 16.7. The Balaban J connectivity index is 1.67. The number of hydrogen-bond donors (Lipinski definition) is 0. The summed E-state index contributed by atoms with van der Waals surface area (Å²) in [5, 5.41) is 0.0169. The van der Waals surface area contributed by atoms with Crippen molar-refractivity contribution >= 4 is 23.4 Å². The van der Waals surface area contributed by atoms with Crippen LogP contribution in [0.3, 0.4) is 0 Å². The molecule has 2 amide bonds. The van der Waals surface area contributed by atoms with E-state index in [2.05, 4.69) is 4.74 Å². The van der Waals surface area contributed by atoms with Crippen molar-refractivity contribution in [2.45, 2.75) is 6.61 Å². The molecule has 0 saturated carbocycles. The van der Waals surface area contributed by atoms with E-state index < -0.39 is 12.4 Å². The summed E-state index contributed by atoms with van der Waals surface area (Å²) in [6.07, 6.45) is 0. The third-order valence-corrected chi connectivity index (χ3v) is 4.95. The SMILES string of the molecule is COc1ccc(C(=O)N2CCN(C(=O)c3ccc(F)cc3Cl)CC2)cc1OC(F)F. The van der Waals surface area contributed by atoms with Gasteiger partial charge in [0.2, 0.25) is 0 Å². The number of halogens is 4. The molecule has 1 fully saturated rings. The van der Waals surface area contributed by atoms with Crippen molar-refractivity contribution in [1.82, 2.24) is 9.80 Å². The number of ether oxygens (including phenoxy) is 2. The van der Waals surface area contributed by atoms with Crippen LogP contribution in [-0.2, 0) is 0 Å². The molecule has 1 saturated heterocycles. The predicted molar refractivity (Wildman–Crippen MR) is 103 cm³/mol. The molecule has 3 rings (SSSR count). The van der Waals surface area contributed by atoms with Gasteiger partial charge in [-0.15, -0.1) is 0 Å². The van der Waals surface area contributed by atoms with Crippen LogP contribution in [0.4, 0.5) is 13.2 Å². The molecule has 2 aromatic rings. The van der Waals surface area contributed by atoms with E-state index in [4.69, 9.17) is 16.3 Å². The lowest BCUT2D eigenvalue weighted by molar-refractivity contribution is -0.0512. The first-order valence-corrected chi connectivity index (χ1v) is 9.34. The fraction of sp³-hybridized carbons (Fsp3) is 0.300. The van der Waals surface area contributed by atoms with Gasteiger partial charge in [-0.1, -0.05) is 11.6 Å². The Morgan fingerprint density at radius 1 is 0.967 bits per heavy atom. The molecule has 160 valence electrons. The van der Waals surface area contributed by atoms with E-state index in [-0.39, 0.29) is 65.6 Å². The summed E-state index contributed by atoms with van der Waals surface area (Å²) in [5.74, 6) is -1.44. The van der Waals surface area contributed by atoms with Crippen molar-refractivity contribution in [3.05, 3.63) is 58.4 Å². The molecule has 0 bridgehead atoms. The predicted octanol–water partition coefficient (Wildman–Crippen LogP) is 3.69. The number of amides is 2. The number of methoxy groups -OCH3 is 1. The Labute approximate surface area is 175 Å². The number of hydrogen-bond acceptors (Lipinski definition) is 4. The second-order valence-corrected chi connectivity index (χ2v) is 6.86. The van der Waals surface area contributed by atoms with E-state index in [1.807, 2.05) is 0 Å². The highest BCUT2D eigenvalue weighted by molar-refractivity contribution is 6.33. The number of piperazine rings is 1. The summed E-state index contributed by atoms with van der Waals surface area (Å²) >= 11 is 5.95.